The van der Waals surface area contributed by atoms with Crippen molar-refractivity contribution in [1.29, 1.82) is 0 Å². The summed E-state index contributed by atoms with van der Waals surface area (Å²) in [5.74, 6) is -0.0116. The zero-order chi connectivity index (χ0) is 14.3. The summed E-state index contributed by atoms with van der Waals surface area (Å²) in [6.45, 7) is 3.98. The van der Waals surface area contributed by atoms with Gasteiger partial charge in [-0.3, -0.25) is 9.78 Å². The largest absolute Gasteiger partial charge is 0.412 e. The third-order valence-corrected chi connectivity index (χ3v) is 2.50. The van der Waals surface area contributed by atoms with Crippen LogP contribution in [0, 0.1) is 13.8 Å². The Hall–Kier alpha value is -2.20. The van der Waals surface area contributed by atoms with E-state index in [1.807, 2.05) is 31.2 Å². The lowest BCUT2D eigenvalue weighted by molar-refractivity contribution is 0.0827. The standard InChI is InChI=1S/C9H12N2O.C7H8.H2O/c1-7-4-5-8(6-10-7)9(12)11(2)3;1-7-5-3-2-4-6-7;/h4-6H,1-3H3;2-6H,1H3;1H2. The van der Waals surface area contributed by atoms with E-state index in [4.69, 9.17) is 0 Å². The second-order valence-electron chi connectivity index (χ2n) is 4.54. The first-order chi connectivity index (χ1) is 9.00. The highest BCUT2D eigenvalue weighted by Gasteiger charge is 2.06. The Morgan fingerprint density at radius 2 is 1.60 bits per heavy atom. The van der Waals surface area contributed by atoms with Crippen LogP contribution in [0.3, 0.4) is 0 Å². The highest BCUT2D eigenvalue weighted by molar-refractivity contribution is 5.93. The molecule has 0 aliphatic heterocycles. The summed E-state index contributed by atoms with van der Waals surface area (Å²) < 4.78 is 0. The van der Waals surface area contributed by atoms with Crippen LogP contribution in [-0.2, 0) is 0 Å². The van der Waals surface area contributed by atoms with Crippen molar-refractivity contribution < 1.29 is 10.3 Å². The summed E-state index contributed by atoms with van der Waals surface area (Å²) in [6, 6.07) is 13.9. The van der Waals surface area contributed by atoms with Crippen molar-refractivity contribution >= 4 is 5.91 Å². The van der Waals surface area contributed by atoms with Gasteiger partial charge in [-0.05, 0) is 26.0 Å². The topological polar surface area (TPSA) is 64.7 Å². The van der Waals surface area contributed by atoms with Gasteiger partial charge in [0.05, 0.1) is 5.56 Å². The molecule has 0 spiro atoms. The van der Waals surface area contributed by atoms with Gasteiger partial charge in [-0.15, -0.1) is 0 Å². The molecule has 2 N–H and O–H groups in total. The Morgan fingerprint density at radius 1 is 1.00 bits per heavy atom. The first kappa shape index (κ1) is 17.8. The minimum atomic E-state index is -0.0116. The molecule has 0 unspecified atom stereocenters. The maximum absolute atomic E-state index is 11.3. The minimum absolute atomic E-state index is 0. The molecular formula is C16H22N2O2. The van der Waals surface area contributed by atoms with Gasteiger partial charge in [-0.2, -0.15) is 0 Å². The van der Waals surface area contributed by atoms with E-state index in [-0.39, 0.29) is 11.4 Å². The molecule has 0 atom stereocenters. The first-order valence-electron chi connectivity index (χ1n) is 6.16. The van der Waals surface area contributed by atoms with Crippen molar-refractivity contribution in [2.75, 3.05) is 14.1 Å². The third kappa shape index (κ3) is 6.11. The zero-order valence-corrected chi connectivity index (χ0v) is 12.4. The Bertz CT molecular complexity index is 508. The molecule has 0 fully saturated rings. The lowest BCUT2D eigenvalue weighted by Crippen LogP contribution is -2.21. The number of aromatic nitrogens is 1. The average molecular weight is 274 g/mol. The molecule has 0 radical (unpaired) electrons. The second kappa shape index (κ2) is 8.82. The van der Waals surface area contributed by atoms with Gasteiger partial charge in [0, 0.05) is 26.0 Å². The molecule has 4 heteroatoms. The number of nitrogens with zero attached hydrogens (tertiary/aromatic N) is 2. The number of amides is 1. The number of hydrogen-bond donors (Lipinski definition) is 0. The molecule has 2 rings (SSSR count). The summed E-state index contributed by atoms with van der Waals surface area (Å²) in [5.41, 5.74) is 2.87. The molecule has 1 heterocycles. The number of benzene rings is 1. The van der Waals surface area contributed by atoms with Crippen LogP contribution in [-0.4, -0.2) is 35.4 Å². The van der Waals surface area contributed by atoms with E-state index in [1.165, 1.54) is 10.5 Å². The van der Waals surface area contributed by atoms with E-state index >= 15 is 0 Å². The molecule has 0 aliphatic carbocycles. The van der Waals surface area contributed by atoms with Gasteiger partial charge < -0.3 is 10.4 Å². The Balaban J connectivity index is 0.000000387. The SMILES string of the molecule is Cc1ccc(C(=O)N(C)C)cn1.Cc1ccccc1.O. The number of carbonyl (C=O) groups excluding carboxylic acids is 1. The molecule has 0 saturated heterocycles. The quantitative estimate of drug-likeness (QED) is 0.800. The van der Waals surface area contributed by atoms with Crippen LogP contribution in [0.2, 0.25) is 0 Å². The summed E-state index contributed by atoms with van der Waals surface area (Å²) in [4.78, 5) is 16.9. The predicted molar refractivity (Wildman–Crippen MR) is 81.8 cm³/mol. The fourth-order valence-corrected chi connectivity index (χ4v) is 1.39. The zero-order valence-electron chi connectivity index (χ0n) is 12.4. The molecule has 0 saturated carbocycles. The van der Waals surface area contributed by atoms with Crippen LogP contribution >= 0.6 is 0 Å². The van der Waals surface area contributed by atoms with E-state index in [0.717, 1.165) is 5.69 Å². The molecule has 4 nitrogen and oxygen atoms in total. The fraction of sp³-hybridized carbons (Fsp3) is 0.250. The molecule has 1 aromatic carbocycles. The van der Waals surface area contributed by atoms with Crippen molar-refractivity contribution in [2.45, 2.75) is 13.8 Å². The van der Waals surface area contributed by atoms with Gasteiger partial charge in [-0.1, -0.05) is 35.9 Å². The van der Waals surface area contributed by atoms with Crippen LogP contribution < -0.4 is 0 Å². The smallest absolute Gasteiger partial charge is 0.254 e. The van der Waals surface area contributed by atoms with E-state index in [2.05, 4.69) is 24.0 Å². The maximum Gasteiger partial charge on any atom is 0.254 e. The highest BCUT2D eigenvalue weighted by Crippen LogP contribution is 2.01. The van der Waals surface area contributed by atoms with Gasteiger partial charge in [-0.25, -0.2) is 0 Å². The van der Waals surface area contributed by atoms with E-state index in [1.54, 1.807) is 26.4 Å². The third-order valence-electron chi connectivity index (χ3n) is 2.50. The van der Waals surface area contributed by atoms with Crippen LogP contribution in [0.1, 0.15) is 21.6 Å². The van der Waals surface area contributed by atoms with Crippen molar-refractivity contribution in [3.8, 4) is 0 Å². The minimum Gasteiger partial charge on any atom is -0.412 e. The predicted octanol–water partition coefficient (Wildman–Crippen LogP) is 2.26. The van der Waals surface area contributed by atoms with Crippen molar-refractivity contribution in [3.63, 3.8) is 0 Å². The summed E-state index contributed by atoms with van der Waals surface area (Å²) in [6.07, 6.45) is 1.59. The second-order valence-corrected chi connectivity index (χ2v) is 4.54. The van der Waals surface area contributed by atoms with E-state index in [0.29, 0.717) is 5.56 Å². The molecule has 108 valence electrons. The van der Waals surface area contributed by atoms with Crippen LogP contribution in [0.5, 0.6) is 0 Å². The van der Waals surface area contributed by atoms with E-state index in [9.17, 15) is 4.79 Å². The normalized spacial score (nSPS) is 8.80. The van der Waals surface area contributed by atoms with Crippen LogP contribution in [0.4, 0.5) is 0 Å². The summed E-state index contributed by atoms with van der Waals surface area (Å²) >= 11 is 0. The highest BCUT2D eigenvalue weighted by atomic mass is 16.2. The first-order valence-corrected chi connectivity index (χ1v) is 6.16. The van der Waals surface area contributed by atoms with Crippen molar-refractivity contribution in [1.82, 2.24) is 9.88 Å². The molecule has 0 bridgehead atoms. The molecule has 2 aromatic rings. The van der Waals surface area contributed by atoms with Crippen molar-refractivity contribution in [2.24, 2.45) is 0 Å². The van der Waals surface area contributed by atoms with Gasteiger partial charge in [0.2, 0.25) is 0 Å². The Kier molecular flexibility index (Phi) is 7.85. The number of aryl methyl sites for hydroxylation is 2. The number of hydrogen-bond acceptors (Lipinski definition) is 2. The van der Waals surface area contributed by atoms with Gasteiger partial charge in [0.15, 0.2) is 0 Å². The lowest BCUT2D eigenvalue weighted by atomic mass is 10.2. The number of rotatable bonds is 1. The van der Waals surface area contributed by atoms with Crippen LogP contribution in [0.25, 0.3) is 0 Å². The Labute approximate surface area is 120 Å². The number of carbonyl (C=O) groups is 1. The molecule has 1 amide bonds. The monoisotopic (exact) mass is 274 g/mol. The summed E-state index contributed by atoms with van der Waals surface area (Å²) in [7, 11) is 3.45. The van der Waals surface area contributed by atoms with Gasteiger partial charge >= 0.3 is 0 Å². The Morgan fingerprint density at radius 3 is 1.95 bits per heavy atom. The van der Waals surface area contributed by atoms with Crippen molar-refractivity contribution in [3.05, 3.63) is 65.5 Å². The number of pyridine rings is 1. The summed E-state index contributed by atoms with van der Waals surface area (Å²) in [5, 5.41) is 0. The lowest BCUT2D eigenvalue weighted by Gasteiger charge is -2.09. The molecular weight excluding hydrogens is 252 g/mol. The maximum atomic E-state index is 11.3. The molecule has 20 heavy (non-hydrogen) atoms. The van der Waals surface area contributed by atoms with Gasteiger partial charge in [0.1, 0.15) is 0 Å². The molecule has 1 aromatic heterocycles. The van der Waals surface area contributed by atoms with Crippen LogP contribution in [0.15, 0.2) is 48.7 Å². The van der Waals surface area contributed by atoms with Gasteiger partial charge in [0.25, 0.3) is 5.91 Å². The van der Waals surface area contributed by atoms with E-state index < -0.39 is 0 Å². The average Bonchev–Trinajstić information content (AvgIpc) is 2.40. The fourth-order valence-electron chi connectivity index (χ4n) is 1.39. The molecule has 0 aliphatic rings.